The summed E-state index contributed by atoms with van der Waals surface area (Å²) in [4.78, 5) is 26.1. The first-order valence-corrected chi connectivity index (χ1v) is 10.8. The van der Waals surface area contributed by atoms with Gasteiger partial charge in [0.1, 0.15) is 11.5 Å². The second kappa shape index (κ2) is 8.73. The van der Waals surface area contributed by atoms with E-state index >= 15 is 0 Å². The molecule has 0 radical (unpaired) electrons. The van der Waals surface area contributed by atoms with E-state index in [1.165, 1.54) is 0 Å². The summed E-state index contributed by atoms with van der Waals surface area (Å²) in [5.74, 6) is 0.822. The van der Waals surface area contributed by atoms with Crippen molar-refractivity contribution < 1.29 is 4.79 Å². The molecule has 4 heterocycles. The number of pyridine rings is 2. The quantitative estimate of drug-likeness (QED) is 0.528. The topological polar surface area (TPSA) is 89.6 Å². The standard InChI is InChI=1S/C25H23N7O/c1-30(21-6-2-18(14-26)3-7-21)25(33)20-5-9-24-29-16-22(32(24)17-20)19-4-8-23(28-15-19)31-12-10-27-11-13-31/h2-9,15-17,27H,10-13H2,1H3. The Balaban J connectivity index is 1.42. The number of anilines is 2. The minimum absolute atomic E-state index is 0.145. The summed E-state index contributed by atoms with van der Waals surface area (Å²) >= 11 is 0. The van der Waals surface area contributed by atoms with E-state index in [2.05, 4.69) is 26.3 Å². The first kappa shape index (κ1) is 20.7. The van der Waals surface area contributed by atoms with Crippen molar-refractivity contribution >= 4 is 23.1 Å². The first-order valence-electron chi connectivity index (χ1n) is 10.8. The van der Waals surface area contributed by atoms with Crippen LogP contribution in [0.5, 0.6) is 0 Å². The second-order valence-corrected chi connectivity index (χ2v) is 7.95. The van der Waals surface area contributed by atoms with Gasteiger partial charge in [0.25, 0.3) is 5.91 Å². The summed E-state index contributed by atoms with van der Waals surface area (Å²) in [5.41, 5.74) is 4.39. The highest BCUT2D eigenvalue weighted by molar-refractivity contribution is 6.05. The number of carbonyl (C=O) groups excluding carboxylic acids is 1. The normalized spacial score (nSPS) is 13.6. The van der Waals surface area contributed by atoms with Crippen LogP contribution in [0, 0.1) is 11.3 Å². The molecule has 164 valence electrons. The average molecular weight is 438 g/mol. The molecule has 0 bridgehead atoms. The maximum Gasteiger partial charge on any atom is 0.259 e. The molecular formula is C25H23N7O. The van der Waals surface area contributed by atoms with Gasteiger partial charge in [-0.25, -0.2) is 9.97 Å². The Labute approximate surface area is 191 Å². The lowest BCUT2D eigenvalue weighted by Gasteiger charge is -2.28. The smallest absolute Gasteiger partial charge is 0.259 e. The van der Waals surface area contributed by atoms with Crippen molar-refractivity contribution in [3.8, 4) is 17.3 Å². The van der Waals surface area contributed by atoms with Crippen molar-refractivity contribution in [3.05, 3.63) is 78.2 Å². The number of imidazole rings is 1. The zero-order valence-corrected chi connectivity index (χ0v) is 18.3. The van der Waals surface area contributed by atoms with Gasteiger partial charge in [-0.2, -0.15) is 5.26 Å². The molecule has 8 nitrogen and oxygen atoms in total. The average Bonchev–Trinajstić information content (AvgIpc) is 3.32. The molecule has 8 heteroatoms. The fourth-order valence-electron chi connectivity index (χ4n) is 4.01. The van der Waals surface area contributed by atoms with Crippen molar-refractivity contribution in [1.29, 1.82) is 5.26 Å². The summed E-state index contributed by atoms with van der Waals surface area (Å²) in [6.45, 7) is 3.81. The number of nitrogens with zero attached hydrogens (tertiary/aromatic N) is 6. The predicted molar refractivity (Wildman–Crippen MR) is 127 cm³/mol. The Morgan fingerprint density at radius 1 is 1.03 bits per heavy atom. The number of carbonyl (C=O) groups is 1. The molecule has 3 aromatic heterocycles. The number of fused-ring (bicyclic) bond motifs is 1. The molecule has 5 rings (SSSR count). The van der Waals surface area contributed by atoms with Gasteiger partial charge in [0.15, 0.2) is 0 Å². The summed E-state index contributed by atoms with van der Waals surface area (Å²) in [7, 11) is 1.72. The molecule has 0 saturated carbocycles. The van der Waals surface area contributed by atoms with E-state index in [0.29, 0.717) is 11.1 Å². The largest absolute Gasteiger partial charge is 0.354 e. The molecule has 0 spiro atoms. The molecule has 1 aliphatic rings. The number of nitriles is 1. The molecule has 1 aliphatic heterocycles. The number of piperazine rings is 1. The van der Waals surface area contributed by atoms with Gasteiger partial charge in [-0.15, -0.1) is 0 Å². The molecule has 0 unspecified atom stereocenters. The van der Waals surface area contributed by atoms with E-state index in [-0.39, 0.29) is 5.91 Å². The summed E-state index contributed by atoms with van der Waals surface area (Å²) < 4.78 is 1.92. The molecule has 1 saturated heterocycles. The minimum atomic E-state index is -0.145. The van der Waals surface area contributed by atoms with Gasteiger partial charge in [0.05, 0.1) is 29.1 Å². The molecule has 1 N–H and O–H groups in total. The van der Waals surface area contributed by atoms with Crippen LogP contribution in [0.25, 0.3) is 16.9 Å². The van der Waals surface area contributed by atoms with E-state index in [9.17, 15) is 4.79 Å². The molecule has 0 aliphatic carbocycles. The Hall–Kier alpha value is -4.22. The zero-order chi connectivity index (χ0) is 22.8. The summed E-state index contributed by atoms with van der Waals surface area (Å²) in [5, 5.41) is 12.3. The van der Waals surface area contributed by atoms with E-state index in [1.807, 2.05) is 35.0 Å². The van der Waals surface area contributed by atoms with Gasteiger partial charge >= 0.3 is 0 Å². The second-order valence-electron chi connectivity index (χ2n) is 7.95. The number of rotatable bonds is 4. The van der Waals surface area contributed by atoms with E-state index < -0.39 is 0 Å². The van der Waals surface area contributed by atoms with Crippen molar-refractivity contribution in [3.63, 3.8) is 0 Å². The molecule has 1 fully saturated rings. The van der Waals surface area contributed by atoms with Crippen LogP contribution >= 0.6 is 0 Å². The van der Waals surface area contributed by atoms with Crippen molar-refractivity contribution in [2.45, 2.75) is 0 Å². The Bertz CT molecular complexity index is 1330. The summed E-state index contributed by atoms with van der Waals surface area (Å²) in [6.07, 6.45) is 5.47. The number of nitrogens with one attached hydrogen (secondary N) is 1. The number of aromatic nitrogens is 3. The van der Waals surface area contributed by atoms with Crippen molar-refractivity contribution in [2.75, 3.05) is 43.0 Å². The zero-order valence-electron chi connectivity index (χ0n) is 18.3. The molecule has 1 amide bonds. The van der Waals surface area contributed by atoms with Gasteiger partial charge in [-0.1, -0.05) is 0 Å². The lowest BCUT2D eigenvalue weighted by Crippen LogP contribution is -2.43. The third kappa shape index (κ3) is 4.02. The molecule has 1 aromatic carbocycles. The van der Waals surface area contributed by atoms with Gasteiger partial charge < -0.3 is 15.1 Å². The van der Waals surface area contributed by atoms with Crippen molar-refractivity contribution in [2.24, 2.45) is 0 Å². The molecule has 33 heavy (non-hydrogen) atoms. The van der Waals surface area contributed by atoms with Crippen LogP contribution in [0.1, 0.15) is 15.9 Å². The van der Waals surface area contributed by atoms with Gasteiger partial charge in [0.2, 0.25) is 0 Å². The third-order valence-corrected chi connectivity index (χ3v) is 5.93. The van der Waals surface area contributed by atoms with Gasteiger partial charge in [0, 0.05) is 56.9 Å². The Kier molecular flexibility index (Phi) is 5.47. The van der Waals surface area contributed by atoms with Crippen LogP contribution in [0.4, 0.5) is 11.5 Å². The van der Waals surface area contributed by atoms with E-state index in [4.69, 9.17) is 5.26 Å². The SMILES string of the molecule is CN(C(=O)c1ccc2ncc(-c3ccc(N4CCNCC4)nc3)n2c1)c1ccc(C#N)cc1. The Morgan fingerprint density at radius 2 is 1.82 bits per heavy atom. The van der Waals surface area contributed by atoms with Crippen LogP contribution in [0.2, 0.25) is 0 Å². The van der Waals surface area contributed by atoms with Gasteiger partial charge in [-0.05, 0) is 48.5 Å². The maximum atomic E-state index is 13.1. The van der Waals surface area contributed by atoms with Crippen LogP contribution < -0.4 is 15.1 Å². The summed E-state index contributed by atoms with van der Waals surface area (Å²) in [6, 6.07) is 16.7. The fraction of sp³-hybridized carbons (Fsp3) is 0.200. The highest BCUT2D eigenvalue weighted by Gasteiger charge is 2.17. The number of amides is 1. The third-order valence-electron chi connectivity index (χ3n) is 5.93. The fourth-order valence-corrected chi connectivity index (χ4v) is 4.01. The maximum absolute atomic E-state index is 13.1. The highest BCUT2D eigenvalue weighted by atomic mass is 16.2. The highest BCUT2D eigenvalue weighted by Crippen LogP contribution is 2.24. The van der Waals surface area contributed by atoms with Crippen LogP contribution in [-0.4, -0.2) is 53.5 Å². The lowest BCUT2D eigenvalue weighted by atomic mass is 10.2. The van der Waals surface area contributed by atoms with Crippen molar-refractivity contribution in [1.82, 2.24) is 19.7 Å². The van der Waals surface area contributed by atoms with Crippen LogP contribution in [0.3, 0.4) is 0 Å². The first-order chi connectivity index (χ1) is 16.1. The minimum Gasteiger partial charge on any atom is -0.354 e. The van der Waals surface area contributed by atoms with E-state index in [1.54, 1.807) is 48.5 Å². The molecule has 4 aromatic rings. The molecule has 0 atom stereocenters. The lowest BCUT2D eigenvalue weighted by molar-refractivity contribution is 0.0992. The monoisotopic (exact) mass is 437 g/mol. The number of hydrogen-bond donors (Lipinski definition) is 1. The van der Waals surface area contributed by atoms with E-state index in [0.717, 1.165) is 54.6 Å². The van der Waals surface area contributed by atoms with Gasteiger partial charge in [-0.3, -0.25) is 9.20 Å². The molecular weight excluding hydrogens is 414 g/mol. The van der Waals surface area contributed by atoms with Crippen LogP contribution in [0.15, 0.2) is 67.1 Å². The predicted octanol–water partition coefficient (Wildman–Crippen LogP) is 2.95. The number of benzene rings is 1. The number of hydrogen-bond acceptors (Lipinski definition) is 6. The Morgan fingerprint density at radius 3 is 2.52 bits per heavy atom. The van der Waals surface area contributed by atoms with Crippen LogP contribution in [-0.2, 0) is 0 Å².